The Labute approximate surface area is 134 Å². The number of aromatic nitrogens is 4. The van der Waals surface area contributed by atoms with Gasteiger partial charge in [-0.1, -0.05) is 18.2 Å². The van der Waals surface area contributed by atoms with Crippen molar-refractivity contribution in [1.29, 1.82) is 0 Å². The van der Waals surface area contributed by atoms with E-state index >= 15 is 0 Å². The molecule has 0 N–H and O–H groups in total. The van der Waals surface area contributed by atoms with Gasteiger partial charge in [-0.25, -0.2) is 9.50 Å². The van der Waals surface area contributed by atoms with Gasteiger partial charge >= 0.3 is 0 Å². The van der Waals surface area contributed by atoms with E-state index in [0.29, 0.717) is 10.5 Å². The molecule has 0 radical (unpaired) electrons. The third kappa shape index (κ3) is 2.40. The van der Waals surface area contributed by atoms with Crippen LogP contribution in [0.25, 0.3) is 16.6 Å². The van der Waals surface area contributed by atoms with Crippen molar-refractivity contribution in [3.05, 3.63) is 69.0 Å². The van der Waals surface area contributed by atoms with E-state index in [0.717, 1.165) is 10.9 Å². The lowest BCUT2D eigenvalue weighted by molar-refractivity contribution is 0.0995. The van der Waals surface area contributed by atoms with Crippen LogP contribution in [0, 0.1) is 0 Å². The van der Waals surface area contributed by atoms with Gasteiger partial charge < -0.3 is 0 Å². The molecule has 7 heteroatoms. The average molecular weight is 322 g/mol. The van der Waals surface area contributed by atoms with Crippen molar-refractivity contribution in [3.8, 4) is 0 Å². The molecule has 0 aliphatic carbocycles. The molecule has 4 aromatic rings. The van der Waals surface area contributed by atoms with Gasteiger partial charge in [0.25, 0.3) is 5.56 Å². The Morgan fingerprint density at radius 2 is 2.04 bits per heavy atom. The van der Waals surface area contributed by atoms with Crippen LogP contribution >= 0.6 is 11.3 Å². The summed E-state index contributed by atoms with van der Waals surface area (Å²) in [6.07, 6.45) is 1.44. The summed E-state index contributed by atoms with van der Waals surface area (Å²) in [5.74, 6) is -0.139. The third-order valence-electron chi connectivity index (χ3n) is 3.47. The molecule has 0 aliphatic heterocycles. The monoisotopic (exact) mass is 322 g/mol. The largest absolute Gasteiger partial charge is 0.295 e. The molecule has 112 valence electrons. The lowest BCUT2D eigenvalue weighted by Gasteiger charge is -2.04. The molecular weight excluding hydrogens is 312 g/mol. The topological polar surface area (TPSA) is 77.2 Å². The molecule has 0 amide bonds. The molecule has 0 aliphatic rings. The van der Waals surface area contributed by atoms with Crippen LogP contribution in [0.4, 0.5) is 0 Å². The van der Waals surface area contributed by atoms with Gasteiger partial charge in [-0.15, -0.1) is 11.3 Å². The van der Waals surface area contributed by atoms with E-state index in [1.807, 2.05) is 29.6 Å². The Bertz CT molecular complexity index is 1090. The molecule has 0 fully saturated rings. The van der Waals surface area contributed by atoms with Crippen LogP contribution in [0.1, 0.15) is 15.4 Å². The van der Waals surface area contributed by atoms with Gasteiger partial charge in [0.2, 0.25) is 0 Å². The van der Waals surface area contributed by atoms with Gasteiger partial charge in [-0.2, -0.15) is 10.1 Å². The molecule has 3 heterocycles. The fourth-order valence-electron chi connectivity index (χ4n) is 2.38. The molecule has 4 rings (SSSR count). The molecule has 3 aromatic heterocycles. The SMILES string of the molecule is O=C(Cc1nn2cnc3ccccc3c2nc1=O)c1cccs1. The Morgan fingerprint density at radius 1 is 1.17 bits per heavy atom. The lowest BCUT2D eigenvalue weighted by Crippen LogP contribution is -2.22. The number of thiophene rings is 1. The van der Waals surface area contributed by atoms with E-state index in [1.165, 1.54) is 22.2 Å². The molecule has 1 aromatic carbocycles. The maximum Gasteiger partial charge on any atom is 0.295 e. The highest BCUT2D eigenvalue weighted by molar-refractivity contribution is 7.12. The van der Waals surface area contributed by atoms with Crippen molar-refractivity contribution in [1.82, 2.24) is 19.6 Å². The zero-order valence-electron chi connectivity index (χ0n) is 11.8. The van der Waals surface area contributed by atoms with Crippen LogP contribution in [0.5, 0.6) is 0 Å². The van der Waals surface area contributed by atoms with Crippen molar-refractivity contribution < 1.29 is 4.79 Å². The molecular formula is C16H10N4O2S. The number of ketones is 1. The smallest absolute Gasteiger partial charge is 0.293 e. The molecule has 0 bridgehead atoms. The highest BCUT2D eigenvalue weighted by atomic mass is 32.1. The standard InChI is InChI=1S/C16H10N4O2S/c21-13(14-6-3-7-23-14)8-12-16(22)18-15-10-4-1-2-5-11(10)17-9-20(15)19-12/h1-7,9H,8H2. The highest BCUT2D eigenvalue weighted by Crippen LogP contribution is 2.15. The minimum Gasteiger partial charge on any atom is -0.293 e. The minimum atomic E-state index is -0.480. The molecule has 6 nitrogen and oxygen atoms in total. The zero-order chi connectivity index (χ0) is 15.8. The number of fused-ring (bicyclic) bond motifs is 3. The molecule has 0 spiro atoms. The maximum atomic E-state index is 12.2. The van der Waals surface area contributed by atoms with Crippen molar-refractivity contribution in [2.75, 3.05) is 0 Å². The molecule has 23 heavy (non-hydrogen) atoms. The Kier molecular flexibility index (Phi) is 3.20. The van der Waals surface area contributed by atoms with E-state index in [-0.39, 0.29) is 17.9 Å². The summed E-state index contributed by atoms with van der Waals surface area (Å²) in [7, 11) is 0. The number of hydrogen-bond donors (Lipinski definition) is 0. The number of nitrogens with zero attached hydrogens (tertiary/aromatic N) is 4. The number of carbonyl (C=O) groups is 1. The third-order valence-corrected chi connectivity index (χ3v) is 4.39. The van der Waals surface area contributed by atoms with Crippen molar-refractivity contribution in [2.45, 2.75) is 6.42 Å². The van der Waals surface area contributed by atoms with Gasteiger partial charge in [-0.3, -0.25) is 9.59 Å². The molecule has 0 unspecified atom stereocenters. The fraction of sp³-hybridized carbons (Fsp3) is 0.0625. The fourth-order valence-corrected chi connectivity index (χ4v) is 3.04. The van der Waals surface area contributed by atoms with Crippen molar-refractivity contribution in [2.24, 2.45) is 0 Å². The molecule has 0 saturated heterocycles. The average Bonchev–Trinajstić information content (AvgIpc) is 3.10. The Morgan fingerprint density at radius 3 is 2.87 bits per heavy atom. The number of benzene rings is 1. The summed E-state index contributed by atoms with van der Waals surface area (Å²) in [5.41, 5.74) is 0.820. The Balaban J connectivity index is 1.83. The van der Waals surface area contributed by atoms with E-state index in [2.05, 4.69) is 15.1 Å². The minimum absolute atomic E-state index is 0.0673. The second-order valence-corrected chi connectivity index (χ2v) is 5.92. The summed E-state index contributed by atoms with van der Waals surface area (Å²) < 4.78 is 1.45. The van der Waals surface area contributed by atoms with E-state index in [4.69, 9.17) is 0 Å². The second-order valence-electron chi connectivity index (χ2n) is 4.97. The molecule has 0 saturated carbocycles. The van der Waals surface area contributed by atoms with Gasteiger partial charge in [0.05, 0.1) is 16.8 Å². The van der Waals surface area contributed by atoms with E-state index in [9.17, 15) is 9.59 Å². The summed E-state index contributed by atoms with van der Waals surface area (Å²) >= 11 is 1.34. The van der Waals surface area contributed by atoms with Crippen LogP contribution in [0.2, 0.25) is 0 Å². The quantitative estimate of drug-likeness (QED) is 0.426. The number of para-hydroxylation sites is 1. The van der Waals surface area contributed by atoms with Gasteiger partial charge in [0.15, 0.2) is 11.4 Å². The summed E-state index contributed by atoms with van der Waals surface area (Å²) in [4.78, 5) is 33.4. The lowest BCUT2D eigenvalue weighted by atomic mass is 10.2. The second kappa shape index (κ2) is 5.36. The van der Waals surface area contributed by atoms with Crippen molar-refractivity contribution in [3.63, 3.8) is 0 Å². The van der Waals surface area contributed by atoms with Crippen LogP contribution in [0.3, 0.4) is 0 Å². The van der Waals surface area contributed by atoms with Crippen LogP contribution < -0.4 is 5.56 Å². The van der Waals surface area contributed by atoms with Gasteiger partial charge in [0, 0.05) is 5.39 Å². The van der Waals surface area contributed by atoms with Crippen molar-refractivity contribution >= 4 is 33.7 Å². The van der Waals surface area contributed by atoms with E-state index in [1.54, 1.807) is 12.1 Å². The van der Waals surface area contributed by atoms with Crippen LogP contribution in [0.15, 0.2) is 52.9 Å². The number of hydrogen-bond acceptors (Lipinski definition) is 6. The number of rotatable bonds is 3. The highest BCUT2D eigenvalue weighted by Gasteiger charge is 2.14. The summed E-state index contributed by atoms with van der Waals surface area (Å²) in [6.45, 7) is 0. The van der Waals surface area contributed by atoms with Crippen LogP contribution in [-0.2, 0) is 6.42 Å². The normalized spacial score (nSPS) is 11.1. The zero-order valence-corrected chi connectivity index (χ0v) is 12.7. The predicted molar refractivity (Wildman–Crippen MR) is 86.9 cm³/mol. The first-order valence-electron chi connectivity index (χ1n) is 6.92. The first-order chi connectivity index (χ1) is 11.2. The van der Waals surface area contributed by atoms with E-state index < -0.39 is 5.56 Å². The number of carbonyl (C=O) groups excluding carboxylic acids is 1. The summed E-state index contributed by atoms with van der Waals surface area (Å²) in [6, 6.07) is 10.9. The molecule has 0 atom stereocenters. The van der Waals surface area contributed by atoms with Crippen LogP contribution in [-0.4, -0.2) is 25.4 Å². The van der Waals surface area contributed by atoms with Gasteiger partial charge in [-0.05, 0) is 23.6 Å². The Hall–Kier alpha value is -2.93. The first kappa shape index (κ1) is 13.7. The summed E-state index contributed by atoms with van der Waals surface area (Å²) in [5, 5.41) is 6.81. The first-order valence-corrected chi connectivity index (χ1v) is 7.80. The maximum absolute atomic E-state index is 12.2. The van der Waals surface area contributed by atoms with Gasteiger partial charge in [0.1, 0.15) is 12.0 Å². The predicted octanol–water partition coefficient (Wildman–Crippen LogP) is 2.12. The number of Topliss-reactive ketones (excluding diaryl/α,β-unsaturated/α-hetero) is 1.